The first-order valence-corrected chi connectivity index (χ1v) is 17.5. The van der Waals surface area contributed by atoms with Crippen LogP contribution in [0.15, 0.2) is 90.8 Å². The molecule has 5 rings (SSSR count). The molecule has 0 unspecified atom stereocenters. The molecule has 1 saturated heterocycles. The average Bonchev–Trinajstić information content (AvgIpc) is 3.75. The van der Waals surface area contributed by atoms with Gasteiger partial charge in [0, 0.05) is 55.9 Å². The maximum atomic E-state index is 13.8. The predicted octanol–water partition coefficient (Wildman–Crippen LogP) is 4.45. The summed E-state index contributed by atoms with van der Waals surface area (Å²) in [6.07, 6.45) is 12.1. The van der Waals surface area contributed by atoms with Crippen LogP contribution in [0.5, 0.6) is 0 Å². The molecule has 50 heavy (non-hydrogen) atoms. The Morgan fingerprint density at radius 2 is 2.02 bits per heavy atom. The van der Waals surface area contributed by atoms with Crippen LogP contribution < -0.4 is 16.9 Å². The van der Waals surface area contributed by atoms with E-state index in [4.69, 9.17) is 16.3 Å². The highest BCUT2D eigenvalue weighted by Crippen LogP contribution is 2.36. The van der Waals surface area contributed by atoms with E-state index < -0.39 is 4.75 Å². The van der Waals surface area contributed by atoms with Gasteiger partial charge in [0.25, 0.3) is 0 Å². The minimum absolute atomic E-state index is 0.0662. The summed E-state index contributed by atoms with van der Waals surface area (Å²) in [6.45, 7) is 10.4. The van der Waals surface area contributed by atoms with Crippen molar-refractivity contribution in [3.05, 3.63) is 103 Å². The molecule has 0 aliphatic carbocycles. The number of thioether (sulfide) groups is 1. The van der Waals surface area contributed by atoms with Gasteiger partial charge >= 0.3 is 0 Å². The highest BCUT2D eigenvalue weighted by Gasteiger charge is 2.44. The number of fused-ring (bicyclic) bond motifs is 1. The Balaban J connectivity index is 1.19. The first-order chi connectivity index (χ1) is 24.0. The Hall–Kier alpha value is -5.11. The van der Waals surface area contributed by atoms with Gasteiger partial charge in [-0.15, -0.1) is 11.8 Å². The number of aliphatic imine (C=N–C) groups is 1. The molecule has 2 aliphatic rings. The SMILES string of the molecule is C=C/C=C(\C=C(/N)OC)c1n[nH]c2ccc(NC(=O)[C@]3(SC)CCN(CC(=O)N4CC=C(c5ccc(C(=C)N=CN(C)N)cc5)CC4)C3)cc12. The highest BCUT2D eigenvalue weighted by molar-refractivity contribution is 8.00. The molecule has 2 aliphatic heterocycles. The molecule has 2 amide bonds. The maximum absolute atomic E-state index is 13.8. The second-order valence-corrected chi connectivity index (χ2v) is 13.5. The molecule has 1 aromatic heterocycles. The number of aromatic nitrogens is 2. The van der Waals surface area contributed by atoms with Crippen molar-refractivity contribution in [2.24, 2.45) is 16.6 Å². The number of ether oxygens (including phenoxy) is 1. The lowest BCUT2D eigenvalue weighted by Gasteiger charge is -2.29. The number of methoxy groups -OCH3 is 1. The number of allylic oxidation sites excluding steroid dienone is 4. The quantitative estimate of drug-likeness (QED) is 0.0507. The lowest BCUT2D eigenvalue weighted by molar-refractivity contribution is -0.132. The number of carbonyl (C=O) groups is 2. The van der Waals surface area contributed by atoms with Gasteiger partial charge in [0.1, 0.15) is 16.8 Å². The zero-order chi connectivity index (χ0) is 35.8. The molecule has 1 fully saturated rings. The highest BCUT2D eigenvalue weighted by atomic mass is 32.2. The Bertz CT molecular complexity index is 1880. The average molecular weight is 696 g/mol. The zero-order valence-electron chi connectivity index (χ0n) is 28.8. The molecular formula is C37H45N9O3S. The number of likely N-dealkylation sites (tertiary alicyclic amines) is 1. The topological polar surface area (TPSA) is 158 Å². The first kappa shape index (κ1) is 36.2. The summed E-state index contributed by atoms with van der Waals surface area (Å²) in [6, 6.07) is 13.7. The molecule has 12 nitrogen and oxygen atoms in total. The van der Waals surface area contributed by atoms with Gasteiger partial charge in [0.15, 0.2) is 5.88 Å². The number of carbonyl (C=O) groups excluding carboxylic acids is 2. The number of hydrogen-bond acceptors (Lipinski definition) is 9. The van der Waals surface area contributed by atoms with Crippen LogP contribution in [-0.2, 0) is 14.3 Å². The Labute approximate surface area is 297 Å². The molecule has 0 radical (unpaired) electrons. The standard InChI is InChI=1S/C37H45N9O3S/c1-6-7-29(20-33(38)49-4)35-31-21-30(12-13-32(31)42-43-35)41-36(48)37(50-5)16-19-45(23-37)22-34(47)46-17-14-28(15-18-46)27-10-8-26(9-11-27)25(2)40-24-44(3)39/h6-14,20-21,24H,1-2,15-19,22-23,38-39H2,3-5H3,(H,41,48)(H,42,43)/b29-7+,33-20+,40-24?/t37-/m0/s1. The maximum Gasteiger partial charge on any atom is 0.241 e. The number of nitrogens with zero attached hydrogens (tertiary/aromatic N) is 5. The molecule has 0 spiro atoms. The molecular weight excluding hydrogens is 651 g/mol. The molecule has 0 bridgehead atoms. The third kappa shape index (κ3) is 8.36. The lowest BCUT2D eigenvalue weighted by atomic mass is 9.98. The number of hydrogen-bond donors (Lipinski definition) is 4. The molecule has 3 heterocycles. The van der Waals surface area contributed by atoms with Crippen LogP contribution in [0.25, 0.3) is 27.7 Å². The second-order valence-electron chi connectivity index (χ2n) is 12.3. The van der Waals surface area contributed by atoms with E-state index >= 15 is 0 Å². The van der Waals surface area contributed by atoms with Gasteiger partial charge in [-0.2, -0.15) is 5.10 Å². The Kier molecular flexibility index (Phi) is 11.6. The van der Waals surface area contributed by atoms with Crippen LogP contribution in [0.3, 0.4) is 0 Å². The number of hydrazine groups is 1. The van der Waals surface area contributed by atoms with E-state index in [1.165, 1.54) is 35.8 Å². The summed E-state index contributed by atoms with van der Waals surface area (Å²) >= 11 is 1.52. The van der Waals surface area contributed by atoms with Gasteiger partial charge in [-0.1, -0.05) is 55.7 Å². The number of rotatable bonds is 13. The van der Waals surface area contributed by atoms with Crippen LogP contribution in [0.2, 0.25) is 0 Å². The van der Waals surface area contributed by atoms with Crippen molar-refractivity contribution in [2.75, 3.05) is 58.5 Å². The summed E-state index contributed by atoms with van der Waals surface area (Å²) in [4.78, 5) is 35.4. The number of benzene rings is 2. The normalized spacial score (nSPS) is 18.7. The molecule has 3 aromatic rings. The fourth-order valence-electron chi connectivity index (χ4n) is 6.09. The third-order valence-electron chi connectivity index (χ3n) is 8.95. The fourth-order valence-corrected chi connectivity index (χ4v) is 6.93. The van der Waals surface area contributed by atoms with E-state index in [0.717, 1.165) is 28.5 Å². The van der Waals surface area contributed by atoms with E-state index in [1.807, 2.05) is 41.5 Å². The van der Waals surface area contributed by atoms with Gasteiger partial charge in [0.2, 0.25) is 11.8 Å². The zero-order valence-corrected chi connectivity index (χ0v) is 29.6. The number of aromatic amines is 1. The number of nitrogens with one attached hydrogen (secondary N) is 2. The molecule has 0 saturated carbocycles. The van der Waals surface area contributed by atoms with Crippen molar-refractivity contribution >= 4 is 63.3 Å². The van der Waals surface area contributed by atoms with Gasteiger partial charge < -0.3 is 25.7 Å². The molecule has 13 heteroatoms. The number of nitrogens with two attached hydrogens (primary N) is 2. The van der Waals surface area contributed by atoms with E-state index in [9.17, 15) is 9.59 Å². The molecule has 2 aromatic carbocycles. The van der Waals surface area contributed by atoms with Crippen molar-refractivity contribution in [3.8, 4) is 0 Å². The number of anilines is 1. The summed E-state index contributed by atoms with van der Waals surface area (Å²) in [5, 5.41) is 12.8. The monoisotopic (exact) mass is 695 g/mol. The van der Waals surface area contributed by atoms with E-state index in [2.05, 4.69) is 56.8 Å². The summed E-state index contributed by atoms with van der Waals surface area (Å²) in [5.74, 6) is 5.80. The van der Waals surface area contributed by atoms with Crippen molar-refractivity contribution in [1.29, 1.82) is 0 Å². The van der Waals surface area contributed by atoms with E-state index in [0.29, 0.717) is 55.3 Å². The minimum Gasteiger partial charge on any atom is -0.483 e. The van der Waals surface area contributed by atoms with E-state index in [1.54, 1.807) is 25.3 Å². The van der Waals surface area contributed by atoms with Crippen LogP contribution >= 0.6 is 11.8 Å². The summed E-state index contributed by atoms with van der Waals surface area (Å²) < 4.78 is 4.44. The van der Waals surface area contributed by atoms with Crippen LogP contribution in [0.1, 0.15) is 29.7 Å². The first-order valence-electron chi connectivity index (χ1n) is 16.3. The molecule has 1 atom stereocenters. The van der Waals surface area contributed by atoms with Crippen molar-refractivity contribution in [2.45, 2.75) is 17.6 Å². The van der Waals surface area contributed by atoms with Crippen LogP contribution in [-0.4, -0.2) is 101 Å². The number of H-pyrrole nitrogens is 1. The smallest absolute Gasteiger partial charge is 0.241 e. The van der Waals surface area contributed by atoms with Gasteiger partial charge in [-0.05, 0) is 54.0 Å². The van der Waals surface area contributed by atoms with Crippen molar-refractivity contribution < 1.29 is 14.3 Å². The van der Waals surface area contributed by atoms with Crippen LogP contribution in [0.4, 0.5) is 5.69 Å². The van der Waals surface area contributed by atoms with E-state index in [-0.39, 0.29) is 24.2 Å². The minimum atomic E-state index is -0.685. The summed E-state index contributed by atoms with van der Waals surface area (Å²) in [7, 11) is 3.20. The summed E-state index contributed by atoms with van der Waals surface area (Å²) in [5.41, 5.74) is 12.6. The van der Waals surface area contributed by atoms with Gasteiger partial charge in [-0.3, -0.25) is 19.6 Å². The third-order valence-corrected chi connectivity index (χ3v) is 10.2. The Morgan fingerprint density at radius 3 is 2.68 bits per heavy atom. The largest absolute Gasteiger partial charge is 0.483 e. The van der Waals surface area contributed by atoms with Crippen LogP contribution in [0, 0.1) is 0 Å². The van der Waals surface area contributed by atoms with Crippen molar-refractivity contribution in [3.63, 3.8) is 0 Å². The fraction of sp³-hybridized carbons (Fsp3) is 0.297. The predicted molar refractivity (Wildman–Crippen MR) is 205 cm³/mol. The lowest BCUT2D eigenvalue weighted by Crippen LogP contribution is -2.45. The van der Waals surface area contributed by atoms with Gasteiger partial charge in [-0.25, -0.2) is 10.8 Å². The van der Waals surface area contributed by atoms with Crippen molar-refractivity contribution in [1.82, 2.24) is 25.0 Å². The molecule has 262 valence electrons. The Morgan fingerprint density at radius 1 is 1.24 bits per heavy atom. The second kappa shape index (κ2) is 16.1. The van der Waals surface area contributed by atoms with Gasteiger partial charge in [0.05, 0.1) is 24.9 Å². The number of amides is 2. The molecule has 6 N–H and O–H groups in total.